The van der Waals surface area contributed by atoms with Gasteiger partial charge in [0, 0.05) is 37.8 Å². The Bertz CT molecular complexity index is 921. The van der Waals surface area contributed by atoms with E-state index in [0.717, 1.165) is 6.07 Å². The van der Waals surface area contributed by atoms with E-state index < -0.39 is 12.4 Å². The number of rotatable bonds is 6. The number of carbonyl (C=O) groups excluding carboxylic acids is 2. The highest BCUT2D eigenvalue weighted by Crippen LogP contribution is 2.21. The molecule has 10 heteroatoms. The highest BCUT2D eigenvalue weighted by Gasteiger charge is 2.25. The van der Waals surface area contributed by atoms with E-state index in [1.165, 1.54) is 41.3 Å². The van der Waals surface area contributed by atoms with E-state index >= 15 is 0 Å². The van der Waals surface area contributed by atoms with Crippen LogP contribution in [-0.2, 0) is 4.79 Å². The number of nitrogens with zero attached hydrogens (tertiary/aromatic N) is 2. The molecule has 2 amide bonds. The number of hydrogen-bond donors (Lipinski definition) is 0. The summed E-state index contributed by atoms with van der Waals surface area (Å²) in [5, 5.41) is -0.102. The number of alkyl halides is 2. The Labute approximate surface area is 175 Å². The average Bonchev–Trinajstić information content (AvgIpc) is 2.73. The third kappa shape index (κ3) is 5.56. The van der Waals surface area contributed by atoms with Gasteiger partial charge in [0.05, 0.1) is 5.02 Å². The van der Waals surface area contributed by atoms with Crippen LogP contribution in [-0.4, -0.2) is 61.0 Å². The fourth-order valence-corrected chi connectivity index (χ4v) is 3.12. The van der Waals surface area contributed by atoms with Crippen molar-refractivity contribution in [2.75, 3.05) is 32.8 Å². The van der Waals surface area contributed by atoms with Gasteiger partial charge in [-0.25, -0.2) is 4.39 Å². The third-order valence-corrected chi connectivity index (χ3v) is 4.77. The first-order chi connectivity index (χ1) is 14.3. The maximum Gasteiger partial charge on any atom is 0.387 e. The zero-order valence-electron chi connectivity index (χ0n) is 15.7. The number of carbonyl (C=O) groups is 2. The molecule has 0 aliphatic carbocycles. The van der Waals surface area contributed by atoms with Crippen molar-refractivity contribution in [1.29, 1.82) is 0 Å². The molecule has 0 spiro atoms. The number of amides is 2. The Morgan fingerprint density at radius 1 is 1.00 bits per heavy atom. The van der Waals surface area contributed by atoms with E-state index in [2.05, 4.69) is 4.74 Å². The first-order valence-electron chi connectivity index (χ1n) is 9.03. The lowest BCUT2D eigenvalue weighted by molar-refractivity contribution is -0.134. The summed E-state index contributed by atoms with van der Waals surface area (Å²) in [6, 6.07) is 9.38. The summed E-state index contributed by atoms with van der Waals surface area (Å²) in [7, 11) is 0. The van der Waals surface area contributed by atoms with Gasteiger partial charge in [-0.05, 0) is 30.3 Å². The van der Waals surface area contributed by atoms with Crippen LogP contribution in [0.4, 0.5) is 13.2 Å². The van der Waals surface area contributed by atoms with Crippen LogP contribution >= 0.6 is 11.6 Å². The molecule has 2 aromatic rings. The van der Waals surface area contributed by atoms with E-state index in [9.17, 15) is 22.8 Å². The van der Waals surface area contributed by atoms with Crippen molar-refractivity contribution in [3.8, 4) is 11.5 Å². The van der Waals surface area contributed by atoms with Crippen LogP contribution in [0.1, 0.15) is 10.4 Å². The zero-order chi connectivity index (χ0) is 21.7. The summed E-state index contributed by atoms with van der Waals surface area (Å²) in [6.07, 6.45) is 0. The Kier molecular flexibility index (Phi) is 7.04. The number of hydrogen-bond acceptors (Lipinski definition) is 4. The molecule has 160 valence electrons. The van der Waals surface area contributed by atoms with Crippen LogP contribution in [0, 0.1) is 5.82 Å². The molecule has 30 heavy (non-hydrogen) atoms. The Morgan fingerprint density at radius 2 is 1.70 bits per heavy atom. The summed E-state index contributed by atoms with van der Waals surface area (Å²) >= 11 is 5.68. The zero-order valence-corrected chi connectivity index (χ0v) is 16.4. The van der Waals surface area contributed by atoms with Gasteiger partial charge in [0.25, 0.3) is 11.8 Å². The van der Waals surface area contributed by atoms with Gasteiger partial charge in [-0.2, -0.15) is 8.78 Å². The van der Waals surface area contributed by atoms with Crippen molar-refractivity contribution in [2.45, 2.75) is 6.61 Å². The molecule has 0 radical (unpaired) electrons. The molecular weight excluding hydrogens is 425 g/mol. The Balaban J connectivity index is 1.50. The van der Waals surface area contributed by atoms with Crippen molar-refractivity contribution in [1.82, 2.24) is 9.80 Å². The number of ether oxygens (including phenoxy) is 2. The minimum absolute atomic E-state index is 0.0947. The van der Waals surface area contributed by atoms with Gasteiger partial charge in [0.1, 0.15) is 17.3 Å². The second kappa shape index (κ2) is 9.71. The summed E-state index contributed by atoms with van der Waals surface area (Å²) in [6.45, 7) is -2.06. The van der Waals surface area contributed by atoms with E-state index in [-0.39, 0.29) is 53.6 Å². The van der Waals surface area contributed by atoms with E-state index in [1.807, 2.05) is 0 Å². The molecule has 0 aromatic heterocycles. The van der Waals surface area contributed by atoms with Crippen molar-refractivity contribution in [2.24, 2.45) is 0 Å². The standard InChI is InChI=1S/C20H18ClF3N2O4/c21-16-11-14(4-5-17(16)22)29-12-18(27)25-6-8-26(9-7-25)19(28)13-2-1-3-15(10-13)30-20(23)24/h1-5,10-11,20H,6-9,12H2. The predicted octanol–water partition coefficient (Wildman–Crippen LogP) is 3.44. The van der Waals surface area contributed by atoms with Crippen LogP contribution in [0.2, 0.25) is 5.02 Å². The second-order valence-electron chi connectivity index (χ2n) is 6.44. The fourth-order valence-electron chi connectivity index (χ4n) is 2.95. The molecular formula is C20H18ClF3N2O4. The average molecular weight is 443 g/mol. The normalized spacial score (nSPS) is 14.0. The summed E-state index contributed by atoms with van der Waals surface area (Å²) in [5.74, 6) is -1.02. The molecule has 0 saturated carbocycles. The minimum atomic E-state index is -2.97. The molecule has 1 aliphatic heterocycles. The molecule has 1 fully saturated rings. The van der Waals surface area contributed by atoms with Crippen LogP contribution in [0.3, 0.4) is 0 Å². The first kappa shape index (κ1) is 21.8. The minimum Gasteiger partial charge on any atom is -0.484 e. The SMILES string of the molecule is O=C(COc1ccc(F)c(Cl)c1)N1CCN(C(=O)c2cccc(OC(F)F)c2)CC1. The van der Waals surface area contributed by atoms with Crippen molar-refractivity contribution >= 4 is 23.4 Å². The summed E-state index contributed by atoms with van der Waals surface area (Å²) in [4.78, 5) is 28.0. The van der Waals surface area contributed by atoms with Gasteiger partial charge in [0.2, 0.25) is 0 Å². The molecule has 3 rings (SSSR count). The quantitative estimate of drug-likeness (QED) is 0.687. The highest BCUT2D eigenvalue weighted by molar-refractivity contribution is 6.30. The Hall–Kier alpha value is -2.94. The summed E-state index contributed by atoms with van der Waals surface area (Å²) in [5.41, 5.74) is 0.226. The monoisotopic (exact) mass is 442 g/mol. The van der Waals surface area contributed by atoms with Gasteiger partial charge in [-0.3, -0.25) is 9.59 Å². The number of benzene rings is 2. The molecule has 1 aliphatic rings. The van der Waals surface area contributed by atoms with E-state index in [1.54, 1.807) is 4.90 Å². The number of halogens is 4. The van der Waals surface area contributed by atoms with Gasteiger partial charge >= 0.3 is 6.61 Å². The molecule has 0 atom stereocenters. The maximum absolute atomic E-state index is 13.2. The van der Waals surface area contributed by atoms with Crippen LogP contribution < -0.4 is 9.47 Å². The van der Waals surface area contributed by atoms with Crippen molar-refractivity contribution < 1.29 is 32.2 Å². The lowest BCUT2D eigenvalue weighted by Crippen LogP contribution is -2.51. The smallest absolute Gasteiger partial charge is 0.387 e. The topological polar surface area (TPSA) is 59.1 Å². The molecule has 0 N–H and O–H groups in total. The van der Waals surface area contributed by atoms with Gasteiger partial charge in [-0.15, -0.1) is 0 Å². The molecule has 1 saturated heterocycles. The fraction of sp³-hybridized carbons (Fsp3) is 0.300. The molecule has 0 unspecified atom stereocenters. The predicted molar refractivity (Wildman–Crippen MR) is 102 cm³/mol. The van der Waals surface area contributed by atoms with E-state index in [4.69, 9.17) is 16.3 Å². The lowest BCUT2D eigenvalue weighted by atomic mass is 10.1. The largest absolute Gasteiger partial charge is 0.484 e. The Morgan fingerprint density at radius 3 is 2.37 bits per heavy atom. The molecule has 0 bridgehead atoms. The third-order valence-electron chi connectivity index (χ3n) is 4.48. The van der Waals surface area contributed by atoms with Gasteiger partial charge in [-0.1, -0.05) is 17.7 Å². The van der Waals surface area contributed by atoms with Gasteiger partial charge < -0.3 is 19.3 Å². The first-order valence-corrected chi connectivity index (χ1v) is 9.41. The molecule has 6 nitrogen and oxygen atoms in total. The van der Waals surface area contributed by atoms with Crippen LogP contribution in [0.25, 0.3) is 0 Å². The molecule has 2 aromatic carbocycles. The highest BCUT2D eigenvalue weighted by atomic mass is 35.5. The number of piperazine rings is 1. The van der Waals surface area contributed by atoms with Crippen molar-refractivity contribution in [3.05, 3.63) is 58.9 Å². The van der Waals surface area contributed by atoms with E-state index in [0.29, 0.717) is 13.1 Å². The maximum atomic E-state index is 13.2. The van der Waals surface area contributed by atoms with Crippen molar-refractivity contribution in [3.63, 3.8) is 0 Å². The van der Waals surface area contributed by atoms with Crippen LogP contribution in [0.5, 0.6) is 11.5 Å². The second-order valence-corrected chi connectivity index (χ2v) is 6.85. The molecule has 1 heterocycles. The summed E-state index contributed by atoms with van der Waals surface area (Å²) < 4.78 is 47.5. The van der Waals surface area contributed by atoms with Crippen LogP contribution in [0.15, 0.2) is 42.5 Å². The lowest BCUT2D eigenvalue weighted by Gasteiger charge is -2.34. The van der Waals surface area contributed by atoms with Gasteiger partial charge in [0.15, 0.2) is 6.61 Å².